The third-order valence-electron chi connectivity index (χ3n) is 2.56. The third kappa shape index (κ3) is 4.31. The first-order chi connectivity index (χ1) is 8.58. The number of carbonyl (C=O) groups excluding carboxylic acids is 1. The fraction of sp³-hybridized carbons (Fsp3) is 0.462. The van der Waals surface area contributed by atoms with Gasteiger partial charge in [0.15, 0.2) is 0 Å². The van der Waals surface area contributed by atoms with Crippen molar-refractivity contribution in [1.82, 2.24) is 5.32 Å². The zero-order valence-electron chi connectivity index (χ0n) is 10.6. The third-order valence-corrected chi connectivity index (χ3v) is 3.02. The zero-order valence-corrected chi connectivity index (χ0v) is 12.2. The minimum Gasteiger partial charge on any atom is -0.493 e. The van der Waals surface area contributed by atoms with Crippen molar-refractivity contribution in [3.63, 3.8) is 0 Å². The van der Waals surface area contributed by atoms with E-state index in [-0.39, 0.29) is 12.5 Å². The van der Waals surface area contributed by atoms with Crippen LogP contribution in [0.2, 0.25) is 0 Å². The molecule has 0 bridgehead atoms. The summed E-state index contributed by atoms with van der Waals surface area (Å²) in [5, 5.41) is 11.8. The Bertz CT molecular complexity index is 421. The van der Waals surface area contributed by atoms with Crippen LogP contribution in [-0.2, 0) is 11.4 Å². The Morgan fingerprint density at radius 3 is 2.83 bits per heavy atom. The maximum atomic E-state index is 11.0. The lowest BCUT2D eigenvalue weighted by Crippen LogP contribution is -2.18. The van der Waals surface area contributed by atoms with E-state index in [1.807, 2.05) is 19.1 Å². The van der Waals surface area contributed by atoms with Crippen LogP contribution in [0.5, 0.6) is 5.75 Å². The highest BCUT2D eigenvalue weighted by Crippen LogP contribution is 2.28. The summed E-state index contributed by atoms with van der Waals surface area (Å²) in [7, 11) is 1.62. The molecule has 0 radical (unpaired) electrons. The molecule has 1 aromatic carbocycles. The van der Waals surface area contributed by atoms with Crippen LogP contribution in [0.15, 0.2) is 16.6 Å². The topological polar surface area (TPSA) is 58.6 Å². The van der Waals surface area contributed by atoms with Crippen LogP contribution in [0.3, 0.4) is 0 Å². The molecule has 0 saturated carbocycles. The SMILES string of the molecule is CNC(=O)CCCOc1c(C)cc(Br)cc1CO. The first kappa shape index (κ1) is 15.0. The highest BCUT2D eigenvalue weighted by Gasteiger charge is 2.08. The molecule has 18 heavy (non-hydrogen) atoms. The van der Waals surface area contributed by atoms with E-state index in [1.54, 1.807) is 7.05 Å². The molecule has 0 heterocycles. The minimum atomic E-state index is -0.0644. The van der Waals surface area contributed by atoms with E-state index < -0.39 is 0 Å². The van der Waals surface area contributed by atoms with Gasteiger partial charge in [0.2, 0.25) is 5.91 Å². The van der Waals surface area contributed by atoms with Gasteiger partial charge in [-0.2, -0.15) is 0 Å². The number of halogens is 1. The van der Waals surface area contributed by atoms with Crippen molar-refractivity contribution in [1.29, 1.82) is 0 Å². The number of aliphatic hydroxyl groups is 1. The number of benzene rings is 1. The van der Waals surface area contributed by atoms with Crippen LogP contribution >= 0.6 is 15.9 Å². The van der Waals surface area contributed by atoms with Crippen molar-refractivity contribution < 1.29 is 14.6 Å². The van der Waals surface area contributed by atoms with Gasteiger partial charge in [-0.25, -0.2) is 0 Å². The number of hydrogen-bond donors (Lipinski definition) is 2. The molecule has 1 rings (SSSR count). The predicted octanol–water partition coefficient (Wildman–Crippen LogP) is 2.15. The second-order valence-corrected chi connectivity index (χ2v) is 4.91. The molecule has 0 atom stereocenters. The molecular weight excluding hydrogens is 298 g/mol. The summed E-state index contributed by atoms with van der Waals surface area (Å²) < 4.78 is 6.57. The van der Waals surface area contributed by atoms with Crippen molar-refractivity contribution in [2.24, 2.45) is 0 Å². The zero-order chi connectivity index (χ0) is 13.5. The van der Waals surface area contributed by atoms with Gasteiger partial charge < -0.3 is 15.2 Å². The van der Waals surface area contributed by atoms with Crippen LogP contribution in [0.4, 0.5) is 0 Å². The molecule has 0 spiro atoms. The second-order valence-electron chi connectivity index (χ2n) is 3.99. The van der Waals surface area contributed by atoms with Crippen molar-refractivity contribution in [2.75, 3.05) is 13.7 Å². The van der Waals surface area contributed by atoms with Gasteiger partial charge in [0.1, 0.15) is 5.75 Å². The number of aryl methyl sites for hydroxylation is 1. The number of carbonyl (C=O) groups is 1. The average molecular weight is 316 g/mol. The Balaban J connectivity index is 2.59. The summed E-state index contributed by atoms with van der Waals surface area (Å²) in [6.07, 6.45) is 1.10. The Hall–Kier alpha value is -1.07. The highest BCUT2D eigenvalue weighted by atomic mass is 79.9. The van der Waals surface area contributed by atoms with Gasteiger partial charge in [-0.15, -0.1) is 0 Å². The van der Waals surface area contributed by atoms with Gasteiger partial charge in [-0.1, -0.05) is 15.9 Å². The van der Waals surface area contributed by atoms with Gasteiger partial charge in [0.05, 0.1) is 13.2 Å². The van der Waals surface area contributed by atoms with Crippen LogP contribution in [-0.4, -0.2) is 24.7 Å². The minimum absolute atomic E-state index is 0.00788. The van der Waals surface area contributed by atoms with Crippen LogP contribution in [0, 0.1) is 6.92 Å². The number of amides is 1. The fourth-order valence-corrected chi connectivity index (χ4v) is 2.27. The molecule has 4 nitrogen and oxygen atoms in total. The lowest BCUT2D eigenvalue weighted by molar-refractivity contribution is -0.120. The number of ether oxygens (including phenoxy) is 1. The first-order valence-electron chi connectivity index (χ1n) is 5.81. The van der Waals surface area contributed by atoms with E-state index >= 15 is 0 Å². The molecule has 100 valence electrons. The maximum Gasteiger partial charge on any atom is 0.219 e. The average Bonchev–Trinajstić information content (AvgIpc) is 2.35. The fourth-order valence-electron chi connectivity index (χ4n) is 1.66. The molecule has 0 aliphatic rings. The Kier molecular flexibility index (Phi) is 6.15. The van der Waals surface area contributed by atoms with Crippen LogP contribution < -0.4 is 10.1 Å². The molecule has 0 unspecified atom stereocenters. The summed E-state index contributed by atoms with van der Waals surface area (Å²) in [6.45, 7) is 2.33. The van der Waals surface area contributed by atoms with Gasteiger partial charge in [0.25, 0.3) is 0 Å². The number of rotatable bonds is 6. The Morgan fingerprint density at radius 1 is 1.50 bits per heavy atom. The highest BCUT2D eigenvalue weighted by molar-refractivity contribution is 9.10. The van der Waals surface area contributed by atoms with Crippen molar-refractivity contribution in [3.05, 3.63) is 27.7 Å². The molecule has 0 fully saturated rings. The standard InChI is InChI=1S/C13H18BrNO3/c1-9-6-11(14)7-10(8-16)13(9)18-5-3-4-12(17)15-2/h6-7,16H,3-5,8H2,1-2H3,(H,15,17). The van der Waals surface area contributed by atoms with Gasteiger partial charge in [-0.3, -0.25) is 4.79 Å². The second kappa shape index (κ2) is 7.38. The molecule has 2 N–H and O–H groups in total. The monoisotopic (exact) mass is 315 g/mol. The van der Waals surface area contributed by atoms with Gasteiger partial charge in [0, 0.05) is 23.5 Å². The van der Waals surface area contributed by atoms with Gasteiger partial charge in [-0.05, 0) is 31.0 Å². The number of hydrogen-bond acceptors (Lipinski definition) is 3. The van der Waals surface area contributed by atoms with E-state index in [0.29, 0.717) is 25.2 Å². The summed E-state index contributed by atoms with van der Waals surface area (Å²) in [4.78, 5) is 11.0. The smallest absolute Gasteiger partial charge is 0.219 e. The molecule has 5 heteroatoms. The summed E-state index contributed by atoms with van der Waals surface area (Å²) in [5.41, 5.74) is 1.72. The van der Waals surface area contributed by atoms with E-state index in [2.05, 4.69) is 21.2 Å². The van der Waals surface area contributed by atoms with E-state index in [9.17, 15) is 9.90 Å². The molecule has 0 saturated heterocycles. The maximum absolute atomic E-state index is 11.0. The lowest BCUT2D eigenvalue weighted by atomic mass is 10.1. The Morgan fingerprint density at radius 2 is 2.22 bits per heavy atom. The Labute approximate surface area is 115 Å². The quantitative estimate of drug-likeness (QED) is 0.791. The predicted molar refractivity (Wildman–Crippen MR) is 73.6 cm³/mol. The first-order valence-corrected chi connectivity index (χ1v) is 6.61. The molecular formula is C13H18BrNO3. The van der Waals surface area contributed by atoms with Crippen molar-refractivity contribution in [2.45, 2.75) is 26.4 Å². The van der Waals surface area contributed by atoms with Crippen LogP contribution in [0.25, 0.3) is 0 Å². The van der Waals surface area contributed by atoms with E-state index in [4.69, 9.17) is 4.74 Å². The lowest BCUT2D eigenvalue weighted by Gasteiger charge is -2.13. The number of aliphatic hydroxyl groups excluding tert-OH is 1. The van der Waals surface area contributed by atoms with Crippen LogP contribution in [0.1, 0.15) is 24.0 Å². The number of nitrogens with one attached hydrogen (secondary N) is 1. The molecule has 1 amide bonds. The molecule has 0 aromatic heterocycles. The largest absolute Gasteiger partial charge is 0.493 e. The summed E-state index contributed by atoms with van der Waals surface area (Å²) >= 11 is 3.38. The summed E-state index contributed by atoms with van der Waals surface area (Å²) in [5.74, 6) is 0.714. The summed E-state index contributed by atoms with van der Waals surface area (Å²) in [6, 6.07) is 3.77. The molecule has 1 aromatic rings. The molecule has 0 aliphatic carbocycles. The normalized spacial score (nSPS) is 10.2. The molecule has 0 aliphatic heterocycles. The van der Waals surface area contributed by atoms with E-state index in [0.717, 1.165) is 15.6 Å². The van der Waals surface area contributed by atoms with Gasteiger partial charge >= 0.3 is 0 Å². The van der Waals surface area contributed by atoms with E-state index in [1.165, 1.54) is 0 Å². The van der Waals surface area contributed by atoms with Crippen molar-refractivity contribution >= 4 is 21.8 Å². The van der Waals surface area contributed by atoms with Crippen molar-refractivity contribution in [3.8, 4) is 5.75 Å².